The molecule has 1 fully saturated rings. The number of sulfonamides is 1. The molecule has 3 rings (SSSR count). The standard InChI is InChI=1S/C22H28N2O6S/c1-4-30-18-6-8-19(9-7-18)31(26,27)24-13-11-17(12-14-24)23-22(25)16-5-10-20(28-2)21(15-16)29-3/h5-10,15,17H,4,11-14H2,1-3H3,(H,23,25). The van der Waals surface area contributed by atoms with Crippen LogP contribution in [0.15, 0.2) is 47.4 Å². The summed E-state index contributed by atoms with van der Waals surface area (Å²) < 4.78 is 43.1. The smallest absolute Gasteiger partial charge is 0.251 e. The lowest BCUT2D eigenvalue weighted by atomic mass is 10.1. The molecule has 1 saturated heterocycles. The second kappa shape index (κ2) is 10.0. The van der Waals surface area contributed by atoms with Crippen molar-refractivity contribution in [2.24, 2.45) is 0 Å². The van der Waals surface area contributed by atoms with Crippen LogP contribution < -0.4 is 19.5 Å². The molecule has 1 heterocycles. The number of nitrogens with zero attached hydrogens (tertiary/aromatic N) is 1. The maximum absolute atomic E-state index is 12.9. The predicted octanol–water partition coefficient (Wildman–Crippen LogP) is 2.69. The zero-order valence-electron chi connectivity index (χ0n) is 18.0. The molecule has 0 saturated carbocycles. The van der Waals surface area contributed by atoms with Gasteiger partial charge in [0, 0.05) is 24.7 Å². The third-order valence-corrected chi connectivity index (χ3v) is 7.12. The van der Waals surface area contributed by atoms with E-state index >= 15 is 0 Å². The summed E-state index contributed by atoms with van der Waals surface area (Å²) in [4.78, 5) is 12.9. The van der Waals surface area contributed by atoms with Crippen LogP contribution in [0.2, 0.25) is 0 Å². The molecule has 0 bridgehead atoms. The molecule has 0 spiro atoms. The highest BCUT2D eigenvalue weighted by Gasteiger charge is 2.30. The van der Waals surface area contributed by atoms with E-state index in [-0.39, 0.29) is 16.8 Å². The van der Waals surface area contributed by atoms with Crippen molar-refractivity contribution in [3.8, 4) is 17.2 Å². The van der Waals surface area contributed by atoms with E-state index in [2.05, 4.69) is 5.32 Å². The van der Waals surface area contributed by atoms with Gasteiger partial charge in [-0.25, -0.2) is 8.42 Å². The summed E-state index contributed by atoms with van der Waals surface area (Å²) in [5.41, 5.74) is 0.460. The van der Waals surface area contributed by atoms with Gasteiger partial charge in [-0.2, -0.15) is 4.31 Å². The first-order chi connectivity index (χ1) is 14.9. The highest BCUT2D eigenvalue weighted by Crippen LogP contribution is 2.28. The normalized spacial score (nSPS) is 15.3. The first-order valence-corrected chi connectivity index (χ1v) is 11.6. The minimum atomic E-state index is -3.58. The molecule has 1 aliphatic rings. The van der Waals surface area contributed by atoms with Gasteiger partial charge in [0.25, 0.3) is 5.91 Å². The first kappa shape index (κ1) is 22.9. The van der Waals surface area contributed by atoms with Crippen molar-refractivity contribution in [1.82, 2.24) is 9.62 Å². The van der Waals surface area contributed by atoms with E-state index in [0.717, 1.165) is 0 Å². The number of benzene rings is 2. The summed E-state index contributed by atoms with van der Waals surface area (Å²) in [7, 11) is -0.531. The summed E-state index contributed by atoms with van der Waals surface area (Å²) >= 11 is 0. The van der Waals surface area contributed by atoms with Crippen molar-refractivity contribution in [3.63, 3.8) is 0 Å². The number of carbonyl (C=O) groups is 1. The molecule has 0 radical (unpaired) electrons. The molecule has 0 atom stereocenters. The number of piperidine rings is 1. The zero-order chi connectivity index (χ0) is 22.4. The monoisotopic (exact) mass is 448 g/mol. The van der Waals surface area contributed by atoms with Crippen LogP contribution in [0.4, 0.5) is 0 Å². The molecular formula is C22H28N2O6S. The number of rotatable bonds is 8. The van der Waals surface area contributed by atoms with Crippen LogP contribution in [0.1, 0.15) is 30.1 Å². The molecule has 0 aromatic heterocycles. The van der Waals surface area contributed by atoms with Crippen LogP contribution in [0.25, 0.3) is 0 Å². The third-order valence-electron chi connectivity index (χ3n) is 5.21. The highest BCUT2D eigenvalue weighted by molar-refractivity contribution is 7.89. The molecule has 1 amide bonds. The van der Waals surface area contributed by atoms with Gasteiger partial charge in [0.15, 0.2) is 11.5 Å². The first-order valence-electron chi connectivity index (χ1n) is 10.1. The minimum absolute atomic E-state index is 0.104. The molecule has 1 aliphatic heterocycles. The molecule has 8 nitrogen and oxygen atoms in total. The Morgan fingerprint density at radius 1 is 1.03 bits per heavy atom. The fourth-order valence-electron chi connectivity index (χ4n) is 3.51. The molecule has 1 N–H and O–H groups in total. The molecular weight excluding hydrogens is 420 g/mol. The van der Waals surface area contributed by atoms with Gasteiger partial charge >= 0.3 is 0 Å². The Morgan fingerprint density at radius 2 is 1.68 bits per heavy atom. The molecule has 31 heavy (non-hydrogen) atoms. The number of hydrogen-bond acceptors (Lipinski definition) is 6. The van der Waals surface area contributed by atoms with Gasteiger partial charge in [-0.15, -0.1) is 0 Å². The Balaban J connectivity index is 1.59. The second-order valence-corrected chi connectivity index (χ2v) is 9.06. The van der Waals surface area contributed by atoms with Crippen molar-refractivity contribution in [2.75, 3.05) is 33.9 Å². The minimum Gasteiger partial charge on any atom is -0.494 e. The SMILES string of the molecule is CCOc1ccc(S(=O)(=O)N2CCC(NC(=O)c3ccc(OC)c(OC)c3)CC2)cc1. The molecule has 9 heteroatoms. The van der Waals surface area contributed by atoms with Crippen LogP contribution in [-0.2, 0) is 10.0 Å². The number of hydrogen-bond donors (Lipinski definition) is 1. The Labute approximate surface area is 183 Å². The Hall–Kier alpha value is -2.78. The summed E-state index contributed by atoms with van der Waals surface area (Å²) in [6.45, 7) is 3.08. The molecule has 0 aliphatic carbocycles. The van der Waals surface area contributed by atoms with Crippen molar-refractivity contribution < 1.29 is 27.4 Å². The number of nitrogens with one attached hydrogen (secondary N) is 1. The van der Waals surface area contributed by atoms with Crippen molar-refractivity contribution in [2.45, 2.75) is 30.7 Å². The van der Waals surface area contributed by atoms with Crippen LogP contribution >= 0.6 is 0 Å². The van der Waals surface area contributed by atoms with Crippen molar-refractivity contribution in [1.29, 1.82) is 0 Å². The van der Waals surface area contributed by atoms with Gasteiger partial charge in [0.2, 0.25) is 10.0 Å². The highest BCUT2D eigenvalue weighted by atomic mass is 32.2. The van der Waals surface area contributed by atoms with E-state index < -0.39 is 10.0 Å². The quantitative estimate of drug-likeness (QED) is 0.667. The molecule has 2 aromatic rings. The number of carbonyl (C=O) groups excluding carboxylic acids is 1. The average molecular weight is 449 g/mol. The lowest BCUT2D eigenvalue weighted by Gasteiger charge is -2.31. The maximum Gasteiger partial charge on any atom is 0.251 e. The lowest BCUT2D eigenvalue weighted by Crippen LogP contribution is -2.46. The van der Waals surface area contributed by atoms with E-state index in [9.17, 15) is 13.2 Å². The van der Waals surface area contributed by atoms with Gasteiger partial charge in [-0.3, -0.25) is 4.79 Å². The number of ether oxygens (including phenoxy) is 3. The third kappa shape index (κ3) is 5.29. The van der Waals surface area contributed by atoms with E-state index in [1.54, 1.807) is 42.5 Å². The predicted molar refractivity (Wildman–Crippen MR) is 116 cm³/mol. The van der Waals surface area contributed by atoms with Gasteiger partial charge < -0.3 is 19.5 Å². The molecule has 0 unspecified atom stereocenters. The maximum atomic E-state index is 12.9. The van der Waals surface area contributed by atoms with Gasteiger partial charge in [0.1, 0.15) is 5.75 Å². The van der Waals surface area contributed by atoms with E-state index in [1.807, 2.05) is 6.92 Å². The van der Waals surface area contributed by atoms with Crippen molar-refractivity contribution in [3.05, 3.63) is 48.0 Å². The van der Waals surface area contributed by atoms with Crippen LogP contribution in [0, 0.1) is 0 Å². The van der Waals surface area contributed by atoms with Crippen LogP contribution in [-0.4, -0.2) is 58.6 Å². The Bertz CT molecular complexity index is 999. The van der Waals surface area contributed by atoms with Gasteiger partial charge in [0.05, 0.1) is 25.7 Å². The average Bonchev–Trinajstić information content (AvgIpc) is 2.79. The molecule has 168 valence electrons. The zero-order valence-corrected chi connectivity index (χ0v) is 18.8. The number of amides is 1. The van der Waals surface area contributed by atoms with Crippen LogP contribution in [0.5, 0.6) is 17.2 Å². The summed E-state index contributed by atoms with van der Waals surface area (Å²) in [6.07, 6.45) is 1.07. The summed E-state index contributed by atoms with van der Waals surface area (Å²) in [5.74, 6) is 1.44. The van der Waals surface area contributed by atoms with E-state index in [1.165, 1.54) is 18.5 Å². The Kier molecular flexibility index (Phi) is 7.40. The second-order valence-electron chi connectivity index (χ2n) is 7.13. The fraction of sp³-hybridized carbons (Fsp3) is 0.409. The van der Waals surface area contributed by atoms with Crippen LogP contribution in [0.3, 0.4) is 0 Å². The summed E-state index contributed by atoms with van der Waals surface area (Å²) in [6, 6.07) is 11.3. The van der Waals surface area contributed by atoms with Gasteiger partial charge in [-0.1, -0.05) is 0 Å². The Morgan fingerprint density at radius 3 is 2.26 bits per heavy atom. The molecule has 2 aromatic carbocycles. The topological polar surface area (TPSA) is 94.2 Å². The summed E-state index contributed by atoms with van der Waals surface area (Å²) in [5, 5.41) is 2.98. The van der Waals surface area contributed by atoms with Gasteiger partial charge in [-0.05, 0) is 62.2 Å². The lowest BCUT2D eigenvalue weighted by molar-refractivity contribution is 0.0923. The van der Waals surface area contributed by atoms with E-state index in [4.69, 9.17) is 14.2 Å². The number of methoxy groups -OCH3 is 2. The fourth-order valence-corrected chi connectivity index (χ4v) is 4.98. The van der Waals surface area contributed by atoms with Crippen molar-refractivity contribution >= 4 is 15.9 Å². The van der Waals surface area contributed by atoms with E-state index in [0.29, 0.717) is 55.4 Å². The largest absolute Gasteiger partial charge is 0.494 e.